The molecule has 1 nitrogen and oxygen atoms in total. The van der Waals surface area contributed by atoms with Crippen LogP contribution in [-0.4, -0.2) is 18.6 Å². The number of rotatable bonds is 5. The standard InChI is InChI=1S/C18H27NS/c1-19-18(13-14-9-11-20-12-10-14)17-7-5-16(6-8-17)15-3-2-4-15/h5-8,14-15,18-19H,2-4,9-13H2,1H3. The number of nitrogens with one attached hydrogen (secondary N) is 1. The lowest BCUT2D eigenvalue weighted by molar-refractivity contribution is 0.384. The number of benzene rings is 1. The Kier molecular flexibility index (Phi) is 5.06. The van der Waals surface area contributed by atoms with Crippen LogP contribution >= 0.6 is 11.8 Å². The third kappa shape index (κ3) is 3.40. The molecule has 1 heterocycles. The highest BCUT2D eigenvalue weighted by Gasteiger charge is 2.21. The van der Waals surface area contributed by atoms with Crippen LogP contribution in [0.1, 0.15) is 61.6 Å². The summed E-state index contributed by atoms with van der Waals surface area (Å²) in [6.07, 6.45) is 8.33. The van der Waals surface area contributed by atoms with Crippen molar-refractivity contribution in [1.82, 2.24) is 5.32 Å². The molecule has 1 N–H and O–H groups in total. The van der Waals surface area contributed by atoms with Gasteiger partial charge < -0.3 is 5.32 Å². The smallest absolute Gasteiger partial charge is 0.0320 e. The van der Waals surface area contributed by atoms with Gasteiger partial charge in [-0.05, 0) is 73.6 Å². The van der Waals surface area contributed by atoms with E-state index in [9.17, 15) is 0 Å². The maximum atomic E-state index is 3.54. The summed E-state index contributed by atoms with van der Waals surface area (Å²) >= 11 is 2.12. The molecule has 20 heavy (non-hydrogen) atoms. The molecule has 1 aromatic rings. The van der Waals surface area contributed by atoms with E-state index in [1.165, 1.54) is 55.6 Å². The van der Waals surface area contributed by atoms with Crippen molar-refractivity contribution in [1.29, 1.82) is 0 Å². The molecule has 1 saturated carbocycles. The molecule has 2 aliphatic rings. The Morgan fingerprint density at radius 2 is 1.80 bits per heavy atom. The Balaban J connectivity index is 1.62. The van der Waals surface area contributed by atoms with E-state index in [0.29, 0.717) is 6.04 Å². The Morgan fingerprint density at radius 3 is 2.35 bits per heavy atom. The molecule has 1 aliphatic carbocycles. The van der Waals surface area contributed by atoms with E-state index >= 15 is 0 Å². The number of thioether (sulfide) groups is 1. The van der Waals surface area contributed by atoms with E-state index in [-0.39, 0.29) is 0 Å². The van der Waals surface area contributed by atoms with Gasteiger partial charge in [0.05, 0.1) is 0 Å². The predicted molar refractivity (Wildman–Crippen MR) is 89.5 cm³/mol. The molecule has 3 rings (SSSR count). The van der Waals surface area contributed by atoms with Crippen LogP contribution in [0.2, 0.25) is 0 Å². The largest absolute Gasteiger partial charge is 0.313 e. The lowest BCUT2D eigenvalue weighted by Crippen LogP contribution is -2.22. The third-order valence-electron chi connectivity index (χ3n) is 5.17. The summed E-state index contributed by atoms with van der Waals surface area (Å²) in [5.41, 5.74) is 3.04. The monoisotopic (exact) mass is 289 g/mol. The molecule has 1 aromatic carbocycles. The average molecular weight is 289 g/mol. The van der Waals surface area contributed by atoms with Crippen molar-refractivity contribution < 1.29 is 0 Å². The minimum absolute atomic E-state index is 0.540. The number of hydrogen-bond donors (Lipinski definition) is 1. The molecule has 0 spiro atoms. The summed E-state index contributed by atoms with van der Waals surface area (Å²) in [6.45, 7) is 0. The van der Waals surface area contributed by atoms with Gasteiger partial charge in [0.15, 0.2) is 0 Å². The quantitative estimate of drug-likeness (QED) is 0.839. The van der Waals surface area contributed by atoms with Gasteiger partial charge in [-0.2, -0.15) is 11.8 Å². The van der Waals surface area contributed by atoms with E-state index in [2.05, 4.69) is 48.4 Å². The second kappa shape index (κ2) is 7.00. The van der Waals surface area contributed by atoms with Crippen LogP contribution in [0.15, 0.2) is 24.3 Å². The van der Waals surface area contributed by atoms with Crippen molar-refractivity contribution in [2.24, 2.45) is 5.92 Å². The lowest BCUT2D eigenvalue weighted by atomic mass is 9.79. The summed E-state index contributed by atoms with van der Waals surface area (Å²) in [5, 5.41) is 3.54. The van der Waals surface area contributed by atoms with Gasteiger partial charge in [-0.25, -0.2) is 0 Å². The third-order valence-corrected chi connectivity index (χ3v) is 6.22. The topological polar surface area (TPSA) is 12.0 Å². The Hall–Kier alpha value is -0.470. The Morgan fingerprint density at radius 1 is 1.10 bits per heavy atom. The van der Waals surface area contributed by atoms with Crippen molar-refractivity contribution in [3.05, 3.63) is 35.4 Å². The molecular formula is C18H27NS. The molecular weight excluding hydrogens is 262 g/mol. The second-order valence-electron chi connectivity index (χ2n) is 6.43. The summed E-state index contributed by atoms with van der Waals surface area (Å²) in [6, 6.07) is 10.0. The zero-order valence-corrected chi connectivity index (χ0v) is 13.4. The zero-order chi connectivity index (χ0) is 13.8. The van der Waals surface area contributed by atoms with Crippen LogP contribution in [0.5, 0.6) is 0 Å². The molecule has 1 saturated heterocycles. The van der Waals surface area contributed by atoms with Crippen molar-refractivity contribution >= 4 is 11.8 Å². The normalized spacial score (nSPS) is 22.4. The van der Waals surface area contributed by atoms with E-state index < -0.39 is 0 Å². The fourth-order valence-electron chi connectivity index (χ4n) is 3.48. The van der Waals surface area contributed by atoms with Gasteiger partial charge in [-0.3, -0.25) is 0 Å². The second-order valence-corrected chi connectivity index (χ2v) is 7.65. The minimum atomic E-state index is 0.540. The highest BCUT2D eigenvalue weighted by Crippen LogP contribution is 2.37. The number of hydrogen-bond acceptors (Lipinski definition) is 2. The lowest BCUT2D eigenvalue weighted by Gasteiger charge is -2.28. The van der Waals surface area contributed by atoms with Gasteiger partial charge in [-0.1, -0.05) is 30.7 Å². The molecule has 0 radical (unpaired) electrons. The van der Waals surface area contributed by atoms with E-state index in [1.54, 1.807) is 5.56 Å². The first-order valence-electron chi connectivity index (χ1n) is 8.21. The molecule has 1 aliphatic heterocycles. The van der Waals surface area contributed by atoms with E-state index in [0.717, 1.165) is 11.8 Å². The summed E-state index contributed by atoms with van der Waals surface area (Å²) < 4.78 is 0. The van der Waals surface area contributed by atoms with Crippen LogP contribution in [0.3, 0.4) is 0 Å². The van der Waals surface area contributed by atoms with Crippen molar-refractivity contribution in [3.8, 4) is 0 Å². The van der Waals surface area contributed by atoms with E-state index in [4.69, 9.17) is 0 Å². The van der Waals surface area contributed by atoms with Crippen LogP contribution in [0, 0.1) is 5.92 Å². The predicted octanol–water partition coefficient (Wildman–Crippen LogP) is 4.75. The first-order valence-corrected chi connectivity index (χ1v) is 9.37. The highest BCUT2D eigenvalue weighted by atomic mass is 32.2. The fraction of sp³-hybridized carbons (Fsp3) is 0.667. The van der Waals surface area contributed by atoms with E-state index in [1.807, 2.05) is 0 Å². The van der Waals surface area contributed by atoms with Crippen LogP contribution in [-0.2, 0) is 0 Å². The van der Waals surface area contributed by atoms with Crippen LogP contribution in [0.4, 0.5) is 0 Å². The summed E-state index contributed by atoms with van der Waals surface area (Å²) in [4.78, 5) is 0. The fourth-order valence-corrected chi connectivity index (χ4v) is 4.68. The summed E-state index contributed by atoms with van der Waals surface area (Å²) in [5.74, 6) is 4.50. The SMILES string of the molecule is CNC(CC1CCSCC1)c1ccc(C2CCC2)cc1. The molecule has 110 valence electrons. The molecule has 1 atom stereocenters. The first-order chi connectivity index (χ1) is 9.86. The van der Waals surface area contributed by atoms with Crippen molar-refractivity contribution in [2.45, 2.75) is 50.5 Å². The van der Waals surface area contributed by atoms with Gasteiger partial charge in [0.25, 0.3) is 0 Å². The molecule has 1 unspecified atom stereocenters. The van der Waals surface area contributed by atoms with Gasteiger partial charge in [0.2, 0.25) is 0 Å². The zero-order valence-electron chi connectivity index (χ0n) is 12.6. The average Bonchev–Trinajstić information content (AvgIpc) is 2.45. The highest BCUT2D eigenvalue weighted by molar-refractivity contribution is 7.99. The van der Waals surface area contributed by atoms with Crippen molar-refractivity contribution in [2.75, 3.05) is 18.6 Å². The maximum Gasteiger partial charge on any atom is 0.0320 e. The molecule has 0 aromatic heterocycles. The molecule has 0 bridgehead atoms. The Bertz CT molecular complexity index is 404. The Labute approximate surface area is 127 Å². The van der Waals surface area contributed by atoms with Gasteiger partial charge in [0.1, 0.15) is 0 Å². The summed E-state index contributed by atoms with van der Waals surface area (Å²) in [7, 11) is 2.11. The van der Waals surface area contributed by atoms with Crippen molar-refractivity contribution in [3.63, 3.8) is 0 Å². The van der Waals surface area contributed by atoms with Crippen LogP contribution < -0.4 is 5.32 Å². The van der Waals surface area contributed by atoms with Gasteiger partial charge in [-0.15, -0.1) is 0 Å². The van der Waals surface area contributed by atoms with Gasteiger partial charge >= 0.3 is 0 Å². The molecule has 2 fully saturated rings. The minimum Gasteiger partial charge on any atom is -0.313 e. The van der Waals surface area contributed by atoms with Gasteiger partial charge in [0, 0.05) is 6.04 Å². The van der Waals surface area contributed by atoms with Crippen LogP contribution in [0.25, 0.3) is 0 Å². The molecule has 2 heteroatoms. The molecule has 0 amide bonds. The first kappa shape index (κ1) is 14.5. The maximum absolute atomic E-state index is 3.54.